The van der Waals surface area contributed by atoms with Gasteiger partial charge in [0.15, 0.2) is 0 Å². The number of rotatable bonds is 5. The van der Waals surface area contributed by atoms with E-state index in [0.29, 0.717) is 59.2 Å². The van der Waals surface area contributed by atoms with Gasteiger partial charge in [-0.15, -0.1) is 0 Å². The Bertz CT molecular complexity index is 1270. The molecular weight excluding hydrogens is 442 g/mol. The second kappa shape index (κ2) is 9.83. The number of carbonyl (C=O) groups is 1. The number of aromatic nitrogens is 2. The zero-order valence-electron chi connectivity index (χ0n) is 18.1. The highest BCUT2D eigenvalue weighted by Crippen LogP contribution is 2.23. The number of nitrogens with one attached hydrogen (secondary N) is 3. The highest BCUT2D eigenvalue weighted by Gasteiger charge is 2.28. The summed E-state index contributed by atoms with van der Waals surface area (Å²) in [5.74, 6) is 0.364. The molecule has 170 valence electrons. The topological polar surface area (TPSA) is 118 Å². The molecule has 9 nitrogen and oxygen atoms in total. The molecule has 10 heteroatoms. The van der Waals surface area contributed by atoms with E-state index in [9.17, 15) is 9.59 Å². The molecule has 1 aromatic heterocycles. The van der Waals surface area contributed by atoms with Crippen LogP contribution in [-0.2, 0) is 0 Å². The van der Waals surface area contributed by atoms with Gasteiger partial charge >= 0.3 is 0 Å². The van der Waals surface area contributed by atoms with Crippen LogP contribution in [-0.4, -0.2) is 58.9 Å². The zero-order chi connectivity index (χ0) is 23.4. The van der Waals surface area contributed by atoms with Crippen molar-refractivity contribution in [1.29, 1.82) is 5.41 Å². The largest absolute Gasteiger partial charge is 0.340 e. The number of hydrogen-bond donors (Lipinski definition) is 3. The van der Waals surface area contributed by atoms with Crippen molar-refractivity contribution in [3.05, 3.63) is 63.4 Å². The number of aromatic amines is 1. The van der Waals surface area contributed by atoms with E-state index in [2.05, 4.69) is 20.5 Å². The normalized spacial score (nSPS) is 16.7. The van der Waals surface area contributed by atoms with Crippen molar-refractivity contribution in [2.45, 2.75) is 19.4 Å². The summed E-state index contributed by atoms with van der Waals surface area (Å²) in [6.45, 7) is 3.65. The maximum Gasteiger partial charge on any atom is 0.261 e. The number of H-pyrrole nitrogens is 1. The van der Waals surface area contributed by atoms with Gasteiger partial charge in [0.2, 0.25) is 5.95 Å². The summed E-state index contributed by atoms with van der Waals surface area (Å²) in [5.41, 5.74) is 4.17. The van der Waals surface area contributed by atoms with Gasteiger partial charge in [0, 0.05) is 31.9 Å². The zero-order valence-corrected chi connectivity index (χ0v) is 18.8. The van der Waals surface area contributed by atoms with Gasteiger partial charge in [-0.25, -0.2) is 4.98 Å². The second-order valence-corrected chi connectivity index (χ2v) is 8.16. The lowest BCUT2D eigenvalue weighted by Gasteiger charge is -2.27. The molecule has 1 amide bonds. The van der Waals surface area contributed by atoms with E-state index < -0.39 is 0 Å². The molecule has 0 bridgehead atoms. The Kier molecular flexibility index (Phi) is 6.69. The highest BCUT2D eigenvalue weighted by atomic mass is 35.5. The van der Waals surface area contributed by atoms with Crippen LogP contribution in [0.5, 0.6) is 0 Å². The minimum atomic E-state index is -0.281. The Morgan fingerprint density at radius 1 is 1.24 bits per heavy atom. The predicted octanol–water partition coefficient (Wildman–Crippen LogP) is 3.36. The number of hydrogen-bond acceptors (Lipinski definition) is 7. The first-order valence-corrected chi connectivity index (χ1v) is 11.0. The summed E-state index contributed by atoms with van der Waals surface area (Å²) in [7, 11) is 0. The SMILES string of the molecule is CC1CCN(c2nc3cccc(Cl)c3c(=O)[nH]2)CCN1C(=O)c1ccccc1N/N=C\C=N. The van der Waals surface area contributed by atoms with Gasteiger partial charge in [-0.3, -0.25) is 20.0 Å². The van der Waals surface area contributed by atoms with E-state index in [4.69, 9.17) is 17.0 Å². The van der Waals surface area contributed by atoms with E-state index in [1.54, 1.807) is 30.3 Å². The Balaban J connectivity index is 1.57. The molecule has 2 heterocycles. The monoisotopic (exact) mass is 465 g/mol. The summed E-state index contributed by atoms with van der Waals surface area (Å²) >= 11 is 6.17. The van der Waals surface area contributed by atoms with Crippen LogP contribution < -0.4 is 15.9 Å². The molecule has 1 unspecified atom stereocenters. The molecule has 0 radical (unpaired) electrons. The van der Waals surface area contributed by atoms with Gasteiger partial charge in [-0.05, 0) is 37.6 Å². The third-order valence-electron chi connectivity index (χ3n) is 5.68. The third kappa shape index (κ3) is 4.73. The summed E-state index contributed by atoms with van der Waals surface area (Å²) < 4.78 is 0. The molecule has 0 aliphatic carbocycles. The number of para-hydroxylation sites is 1. The van der Waals surface area contributed by atoms with Crippen molar-refractivity contribution in [1.82, 2.24) is 14.9 Å². The van der Waals surface area contributed by atoms with Crippen molar-refractivity contribution in [2.75, 3.05) is 30.0 Å². The lowest BCUT2D eigenvalue weighted by molar-refractivity contribution is 0.0706. The molecule has 0 spiro atoms. The minimum Gasteiger partial charge on any atom is -0.340 e. The predicted molar refractivity (Wildman–Crippen MR) is 132 cm³/mol. The molecule has 0 saturated carbocycles. The van der Waals surface area contributed by atoms with E-state index in [-0.39, 0.29) is 17.5 Å². The fourth-order valence-electron chi connectivity index (χ4n) is 3.93. The average Bonchev–Trinajstić information content (AvgIpc) is 3.00. The standard InChI is InChI=1S/C23H24ClN7O2/c1-15-9-12-30(23-27-19-8-4-6-17(24)20(19)21(32)28-23)13-14-31(15)22(33)16-5-2-3-7-18(16)29-26-11-10-25/h2-8,10-11,15,25,29H,9,12-14H2,1H3,(H,27,28,32)/b25-10?,26-11-. The number of fused-ring (bicyclic) bond motifs is 1. The first-order chi connectivity index (χ1) is 16.0. The first kappa shape index (κ1) is 22.5. The number of amides is 1. The fraction of sp³-hybridized carbons (Fsp3) is 0.261. The van der Waals surface area contributed by atoms with Crippen LogP contribution in [0.2, 0.25) is 5.02 Å². The van der Waals surface area contributed by atoms with E-state index >= 15 is 0 Å². The molecule has 1 saturated heterocycles. The minimum absolute atomic E-state index is 0.0118. The Hall–Kier alpha value is -3.72. The van der Waals surface area contributed by atoms with Crippen molar-refractivity contribution in [3.63, 3.8) is 0 Å². The maximum absolute atomic E-state index is 13.4. The van der Waals surface area contributed by atoms with Crippen LogP contribution in [0.1, 0.15) is 23.7 Å². The van der Waals surface area contributed by atoms with Crippen LogP contribution in [0.15, 0.2) is 52.4 Å². The number of hydrazone groups is 1. The van der Waals surface area contributed by atoms with Crippen LogP contribution >= 0.6 is 11.6 Å². The molecule has 2 aromatic carbocycles. The summed E-state index contributed by atoms with van der Waals surface area (Å²) in [4.78, 5) is 37.3. The molecule has 1 fully saturated rings. The van der Waals surface area contributed by atoms with Crippen molar-refractivity contribution in [2.24, 2.45) is 5.10 Å². The van der Waals surface area contributed by atoms with Crippen molar-refractivity contribution in [3.8, 4) is 0 Å². The van der Waals surface area contributed by atoms with E-state index in [0.717, 1.165) is 6.21 Å². The van der Waals surface area contributed by atoms with Crippen LogP contribution in [0, 0.1) is 5.41 Å². The number of halogens is 1. The summed E-state index contributed by atoms with van der Waals surface area (Å²) in [6, 6.07) is 12.3. The Morgan fingerprint density at radius 2 is 2.06 bits per heavy atom. The van der Waals surface area contributed by atoms with Gasteiger partial charge in [0.05, 0.1) is 33.4 Å². The smallest absolute Gasteiger partial charge is 0.261 e. The Morgan fingerprint density at radius 3 is 2.88 bits per heavy atom. The van der Waals surface area contributed by atoms with Gasteiger partial charge in [-0.1, -0.05) is 29.8 Å². The van der Waals surface area contributed by atoms with Crippen LogP contribution in [0.25, 0.3) is 10.9 Å². The molecule has 1 aliphatic heterocycles. The summed E-state index contributed by atoms with van der Waals surface area (Å²) in [6.07, 6.45) is 3.07. The number of benzene rings is 2. The highest BCUT2D eigenvalue weighted by molar-refractivity contribution is 6.35. The Labute approximate surface area is 195 Å². The van der Waals surface area contributed by atoms with E-state index in [1.807, 2.05) is 28.9 Å². The van der Waals surface area contributed by atoms with E-state index in [1.165, 1.54) is 6.21 Å². The number of carbonyl (C=O) groups excluding carboxylic acids is 1. The van der Waals surface area contributed by atoms with Gasteiger partial charge in [0.1, 0.15) is 0 Å². The lowest BCUT2D eigenvalue weighted by atomic mass is 10.1. The van der Waals surface area contributed by atoms with Crippen LogP contribution in [0.3, 0.4) is 0 Å². The van der Waals surface area contributed by atoms with Crippen molar-refractivity contribution < 1.29 is 4.79 Å². The molecule has 1 aliphatic rings. The molecule has 3 N–H and O–H groups in total. The first-order valence-electron chi connectivity index (χ1n) is 10.6. The lowest BCUT2D eigenvalue weighted by Crippen LogP contribution is -2.40. The van der Waals surface area contributed by atoms with Gasteiger partial charge in [-0.2, -0.15) is 5.10 Å². The number of nitrogens with zero attached hydrogens (tertiary/aromatic N) is 4. The number of anilines is 2. The van der Waals surface area contributed by atoms with Crippen molar-refractivity contribution >= 4 is 52.5 Å². The third-order valence-corrected chi connectivity index (χ3v) is 6.00. The second-order valence-electron chi connectivity index (χ2n) is 7.75. The molecule has 4 rings (SSSR count). The van der Waals surface area contributed by atoms with Gasteiger partial charge in [0.25, 0.3) is 11.5 Å². The maximum atomic E-state index is 13.4. The summed E-state index contributed by atoms with van der Waals surface area (Å²) in [5, 5.41) is 11.7. The van der Waals surface area contributed by atoms with Crippen LogP contribution in [0.4, 0.5) is 11.6 Å². The average molecular weight is 466 g/mol. The fourth-order valence-corrected chi connectivity index (χ4v) is 4.18. The molecular formula is C23H24ClN7O2. The quantitative estimate of drug-likeness (QED) is 0.394. The molecule has 3 aromatic rings. The molecule has 33 heavy (non-hydrogen) atoms. The van der Waals surface area contributed by atoms with Gasteiger partial charge < -0.3 is 15.2 Å². The molecule has 1 atom stereocenters.